The van der Waals surface area contributed by atoms with Crippen LogP contribution < -0.4 is 0 Å². The summed E-state index contributed by atoms with van der Waals surface area (Å²) in [6.07, 6.45) is 5.01. The van der Waals surface area contributed by atoms with Crippen molar-refractivity contribution in [2.24, 2.45) is 0 Å². The molecule has 0 amide bonds. The van der Waals surface area contributed by atoms with Crippen molar-refractivity contribution in [3.63, 3.8) is 0 Å². The van der Waals surface area contributed by atoms with E-state index in [9.17, 15) is 0 Å². The Bertz CT molecular complexity index is 471. The molecule has 1 aromatic carbocycles. The second-order valence-corrected chi connectivity index (χ2v) is 3.70. The standard InChI is InChI=1S/C12H12N2/c1-2-11-9-5-3-4-6-10(9)12-7-13-8-14(11)12/h3-8,11H,2H2,1H3. The van der Waals surface area contributed by atoms with E-state index in [0.29, 0.717) is 6.04 Å². The number of fused-ring (bicyclic) bond motifs is 3. The summed E-state index contributed by atoms with van der Waals surface area (Å²) < 4.78 is 2.27. The van der Waals surface area contributed by atoms with Gasteiger partial charge < -0.3 is 4.57 Å². The Morgan fingerprint density at radius 3 is 3.07 bits per heavy atom. The van der Waals surface area contributed by atoms with Gasteiger partial charge in [-0.15, -0.1) is 0 Å². The lowest BCUT2D eigenvalue weighted by molar-refractivity contribution is 0.592. The van der Waals surface area contributed by atoms with E-state index < -0.39 is 0 Å². The van der Waals surface area contributed by atoms with Gasteiger partial charge >= 0.3 is 0 Å². The first-order valence-corrected chi connectivity index (χ1v) is 5.03. The highest BCUT2D eigenvalue weighted by atomic mass is 15.1. The Morgan fingerprint density at radius 2 is 2.21 bits per heavy atom. The van der Waals surface area contributed by atoms with Gasteiger partial charge in [-0.1, -0.05) is 31.2 Å². The van der Waals surface area contributed by atoms with Crippen LogP contribution in [-0.2, 0) is 0 Å². The summed E-state index contributed by atoms with van der Waals surface area (Å²) >= 11 is 0. The topological polar surface area (TPSA) is 17.8 Å². The second kappa shape index (κ2) is 2.71. The average Bonchev–Trinajstić information content (AvgIpc) is 2.77. The fourth-order valence-corrected chi connectivity index (χ4v) is 2.35. The molecule has 0 bridgehead atoms. The highest BCUT2D eigenvalue weighted by molar-refractivity contribution is 5.68. The number of imidazole rings is 1. The molecule has 0 N–H and O–H groups in total. The first-order valence-electron chi connectivity index (χ1n) is 5.03. The quantitative estimate of drug-likeness (QED) is 0.666. The summed E-state index contributed by atoms with van der Waals surface area (Å²) in [6.45, 7) is 2.22. The molecular weight excluding hydrogens is 172 g/mol. The van der Waals surface area contributed by atoms with Crippen molar-refractivity contribution in [2.75, 3.05) is 0 Å². The molecule has 1 aliphatic rings. The first-order chi connectivity index (χ1) is 6.92. The number of hydrogen-bond donors (Lipinski definition) is 0. The number of aromatic nitrogens is 2. The Hall–Kier alpha value is -1.57. The van der Waals surface area contributed by atoms with Crippen molar-refractivity contribution >= 4 is 0 Å². The summed E-state index contributed by atoms with van der Waals surface area (Å²) in [5.41, 5.74) is 4.04. The van der Waals surface area contributed by atoms with Crippen LogP contribution >= 0.6 is 0 Å². The third-order valence-electron chi connectivity index (χ3n) is 2.98. The molecule has 0 saturated carbocycles. The minimum absolute atomic E-state index is 0.490. The van der Waals surface area contributed by atoms with E-state index in [1.807, 2.05) is 12.5 Å². The van der Waals surface area contributed by atoms with Gasteiger partial charge in [-0.2, -0.15) is 0 Å². The zero-order valence-corrected chi connectivity index (χ0v) is 8.14. The molecule has 2 aromatic rings. The molecule has 0 fully saturated rings. The van der Waals surface area contributed by atoms with Gasteiger partial charge in [-0.25, -0.2) is 4.98 Å². The van der Waals surface area contributed by atoms with Crippen molar-refractivity contribution < 1.29 is 0 Å². The van der Waals surface area contributed by atoms with Gasteiger partial charge in [0.1, 0.15) is 0 Å². The molecule has 2 nitrogen and oxygen atoms in total. The van der Waals surface area contributed by atoms with Gasteiger partial charge in [0.25, 0.3) is 0 Å². The van der Waals surface area contributed by atoms with Crippen LogP contribution in [0.25, 0.3) is 11.3 Å². The molecule has 3 rings (SSSR count). The molecule has 0 aliphatic carbocycles. The van der Waals surface area contributed by atoms with E-state index in [1.54, 1.807) is 0 Å². The van der Waals surface area contributed by atoms with E-state index in [4.69, 9.17) is 0 Å². The minimum atomic E-state index is 0.490. The van der Waals surface area contributed by atoms with Gasteiger partial charge in [0.05, 0.1) is 24.3 Å². The van der Waals surface area contributed by atoms with Crippen molar-refractivity contribution in [2.45, 2.75) is 19.4 Å². The smallest absolute Gasteiger partial charge is 0.0956 e. The summed E-state index contributed by atoms with van der Waals surface area (Å²) in [5.74, 6) is 0. The lowest BCUT2D eigenvalue weighted by atomic mass is 10.0. The van der Waals surface area contributed by atoms with Gasteiger partial charge in [-0.3, -0.25) is 0 Å². The van der Waals surface area contributed by atoms with Gasteiger partial charge in [0.2, 0.25) is 0 Å². The van der Waals surface area contributed by atoms with Crippen LogP contribution in [0.3, 0.4) is 0 Å². The molecule has 0 spiro atoms. The summed E-state index contributed by atoms with van der Waals surface area (Å²) in [4.78, 5) is 4.20. The van der Waals surface area contributed by atoms with E-state index in [1.165, 1.54) is 16.8 Å². The van der Waals surface area contributed by atoms with Crippen LogP contribution in [0, 0.1) is 0 Å². The fourth-order valence-electron chi connectivity index (χ4n) is 2.35. The first kappa shape index (κ1) is 7.80. The molecule has 70 valence electrons. The molecule has 0 saturated heterocycles. The SMILES string of the molecule is CCC1c2ccccc2-c2cncn21. The maximum absolute atomic E-state index is 4.20. The normalized spacial score (nSPS) is 17.9. The Balaban J connectivity index is 2.30. The third-order valence-corrected chi connectivity index (χ3v) is 2.98. The number of benzene rings is 1. The van der Waals surface area contributed by atoms with Gasteiger partial charge in [0.15, 0.2) is 0 Å². The van der Waals surface area contributed by atoms with Crippen molar-refractivity contribution in [1.82, 2.24) is 9.55 Å². The molecule has 14 heavy (non-hydrogen) atoms. The molecule has 1 atom stereocenters. The van der Waals surface area contributed by atoms with E-state index >= 15 is 0 Å². The van der Waals surface area contributed by atoms with Crippen LogP contribution in [0.15, 0.2) is 36.8 Å². The molecular formula is C12H12N2. The summed E-state index contributed by atoms with van der Waals surface area (Å²) in [6, 6.07) is 9.09. The van der Waals surface area contributed by atoms with Crippen molar-refractivity contribution in [3.05, 3.63) is 42.4 Å². The monoisotopic (exact) mass is 184 g/mol. The van der Waals surface area contributed by atoms with E-state index in [2.05, 4.69) is 40.7 Å². The summed E-state index contributed by atoms with van der Waals surface area (Å²) in [7, 11) is 0. The molecule has 1 aromatic heterocycles. The number of hydrogen-bond acceptors (Lipinski definition) is 1. The molecule has 1 aliphatic heterocycles. The second-order valence-electron chi connectivity index (χ2n) is 3.70. The van der Waals surface area contributed by atoms with Crippen molar-refractivity contribution in [1.29, 1.82) is 0 Å². The number of nitrogens with zero attached hydrogens (tertiary/aromatic N) is 2. The highest BCUT2D eigenvalue weighted by Crippen LogP contribution is 2.40. The van der Waals surface area contributed by atoms with Gasteiger partial charge in [-0.05, 0) is 12.0 Å². The van der Waals surface area contributed by atoms with Crippen molar-refractivity contribution in [3.8, 4) is 11.3 Å². The van der Waals surface area contributed by atoms with E-state index in [-0.39, 0.29) is 0 Å². The lowest BCUT2D eigenvalue weighted by Gasteiger charge is -2.10. The minimum Gasteiger partial charge on any atom is -0.323 e. The fraction of sp³-hybridized carbons (Fsp3) is 0.250. The van der Waals surface area contributed by atoms with Crippen LogP contribution in [0.4, 0.5) is 0 Å². The van der Waals surface area contributed by atoms with Gasteiger partial charge in [0, 0.05) is 5.56 Å². The summed E-state index contributed by atoms with van der Waals surface area (Å²) in [5, 5.41) is 0. The number of rotatable bonds is 1. The molecule has 1 unspecified atom stereocenters. The van der Waals surface area contributed by atoms with E-state index in [0.717, 1.165) is 6.42 Å². The zero-order chi connectivity index (χ0) is 9.54. The Labute approximate surface area is 83.2 Å². The predicted octanol–water partition coefficient (Wildman–Crippen LogP) is 2.86. The largest absolute Gasteiger partial charge is 0.323 e. The molecule has 2 heterocycles. The van der Waals surface area contributed by atoms with Crippen LogP contribution in [-0.4, -0.2) is 9.55 Å². The average molecular weight is 184 g/mol. The van der Waals surface area contributed by atoms with Crippen LogP contribution in [0.2, 0.25) is 0 Å². The third kappa shape index (κ3) is 0.830. The lowest BCUT2D eigenvalue weighted by Crippen LogP contribution is -2.02. The Morgan fingerprint density at radius 1 is 1.36 bits per heavy atom. The Kier molecular flexibility index (Phi) is 1.51. The highest BCUT2D eigenvalue weighted by Gasteiger charge is 2.25. The predicted molar refractivity (Wildman–Crippen MR) is 56.1 cm³/mol. The maximum atomic E-state index is 4.20. The molecule has 2 heteroatoms. The molecule has 0 radical (unpaired) electrons. The zero-order valence-electron chi connectivity index (χ0n) is 8.14. The maximum Gasteiger partial charge on any atom is 0.0956 e. The van der Waals surface area contributed by atoms with Crippen LogP contribution in [0.5, 0.6) is 0 Å². The van der Waals surface area contributed by atoms with Crippen LogP contribution in [0.1, 0.15) is 24.9 Å².